The molecule has 0 saturated heterocycles. The molecule has 0 aliphatic carbocycles. The largest absolute Gasteiger partial charge is 0.498 e. The Morgan fingerprint density at radius 2 is 1.58 bits per heavy atom. The fourth-order valence-electron chi connectivity index (χ4n) is 6.13. The molecule has 6 heteroatoms. The van der Waals surface area contributed by atoms with Crippen LogP contribution >= 0.6 is 11.3 Å². The van der Waals surface area contributed by atoms with Crippen LogP contribution in [0.1, 0.15) is 51.1 Å². The van der Waals surface area contributed by atoms with E-state index in [4.69, 9.17) is 18.5 Å². The van der Waals surface area contributed by atoms with Crippen molar-refractivity contribution in [2.24, 2.45) is 0 Å². The minimum absolute atomic E-state index is 0. The van der Waals surface area contributed by atoms with Gasteiger partial charge in [-0.1, -0.05) is 67.3 Å². The summed E-state index contributed by atoms with van der Waals surface area (Å²) in [6.07, 6.45) is 3.42. The molecule has 4 aromatic heterocycles. The van der Waals surface area contributed by atoms with Crippen molar-refractivity contribution in [3.05, 3.63) is 137 Å². The number of hydrogen-bond acceptors (Lipinski definition) is 5. The smallest absolute Gasteiger partial charge is 0.148 e. The summed E-state index contributed by atoms with van der Waals surface area (Å²) in [7, 11) is 0. The fourth-order valence-corrected chi connectivity index (χ4v) is 6.96. The third-order valence-electron chi connectivity index (χ3n) is 8.38. The minimum Gasteiger partial charge on any atom is -0.498 e. The first-order valence-electron chi connectivity index (χ1n) is 17.1. The van der Waals surface area contributed by atoms with E-state index in [-0.39, 0.29) is 25.7 Å². The van der Waals surface area contributed by atoms with Crippen molar-refractivity contribution in [2.75, 3.05) is 0 Å². The van der Waals surface area contributed by atoms with E-state index in [0.29, 0.717) is 5.92 Å². The molecule has 4 nitrogen and oxygen atoms in total. The second-order valence-corrected chi connectivity index (χ2v) is 13.2. The van der Waals surface area contributed by atoms with E-state index < -0.39 is 6.85 Å². The summed E-state index contributed by atoms with van der Waals surface area (Å²) in [5.74, 6) is 0.350. The molecule has 0 unspecified atom stereocenters. The first-order chi connectivity index (χ1) is 24.0. The van der Waals surface area contributed by atoms with Gasteiger partial charge in [-0.2, -0.15) is 0 Å². The van der Waals surface area contributed by atoms with Crippen molar-refractivity contribution in [1.29, 1.82) is 0 Å². The second kappa shape index (κ2) is 13.9. The van der Waals surface area contributed by atoms with Crippen molar-refractivity contribution in [3.63, 3.8) is 0 Å². The second-order valence-electron chi connectivity index (χ2n) is 12.0. The molecule has 0 bridgehead atoms. The van der Waals surface area contributed by atoms with Crippen LogP contribution in [0.2, 0.25) is 0 Å². The van der Waals surface area contributed by atoms with Crippen molar-refractivity contribution >= 4 is 43.5 Å². The Hall–Kier alpha value is -4.48. The predicted octanol–water partition coefficient (Wildman–Crippen LogP) is 11.6. The number of pyridine rings is 2. The van der Waals surface area contributed by atoms with E-state index in [9.17, 15) is 0 Å². The molecule has 0 spiro atoms. The van der Waals surface area contributed by atoms with Crippen molar-refractivity contribution in [2.45, 2.75) is 47.4 Å². The van der Waals surface area contributed by atoms with Gasteiger partial charge in [-0.25, -0.2) is 4.98 Å². The zero-order valence-corrected chi connectivity index (χ0v) is 30.5. The third kappa shape index (κ3) is 6.36. The van der Waals surface area contributed by atoms with Gasteiger partial charge in [0.2, 0.25) is 0 Å². The number of rotatable bonds is 4. The number of hydrogen-bond donors (Lipinski definition) is 0. The zero-order chi connectivity index (χ0) is 35.2. The van der Waals surface area contributed by atoms with Gasteiger partial charge >= 0.3 is 0 Å². The first-order valence-corrected chi connectivity index (χ1v) is 16.4. The van der Waals surface area contributed by atoms with Crippen LogP contribution in [0.5, 0.6) is 0 Å². The van der Waals surface area contributed by atoms with Gasteiger partial charge in [-0.3, -0.25) is 0 Å². The van der Waals surface area contributed by atoms with Crippen LogP contribution in [0.3, 0.4) is 0 Å². The minimum atomic E-state index is -2.09. The van der Waals surface area contributed by atoms with Gasteiger partial charge in [0.1, 0.15) is 11.1 Å². The Kier molecular flexibility index (Phi) is 8.61. The molecule has 4 heterocycles. The van der Waals surface area contributed by atoms with Crippen molar-refractivity contribution in [3.8, 4) is 33.6 Å². The SMILES string of the molecule is Cc1nc2c(ccc3c4cc[c-]c(-c5cc(C(C)C)c(-c6c(C)cccc6C)cn5)c4oc32)s1.[2H]C([2H])([2H])c1ccc(-c2[c-]cccc2)nc1.[Ir]. The molecule has 8 rings (SSSR count). The number of nitrogens with zero attached hydrogens (tertiary/aromatic N) is 3. The molecule has 48 heavy (non-hydrogen) atoms. The summed E-state index contributed by atoms with van der Waals surface area (Å²) in [6.45, 7) is 8.76. The molecule has 0 saturated carbocycles. The maximum atomic E-state index is 7.23. The van der Waals surface area contributed by atoms with Crippen LogP contribution in [-0.4, -0.2) is 15.0 Å². The molecule has 0 N–H and O–H groups in total. The number of furan rings is 1. The monoisotopic (exact) mass is 825 g/mol. The first kappa shape index (κ1) is 29.6. The van der Waals surface area contributed by atoms with Gasteiger partial charge in [0, 0.05) is 47.6 Å². The maximum Gasteiger partial charge on any atom is 0.148 e. The van der Waals surface area contributed by atoms with E-state index in [0.717, 1.165) is 59.7 Å². The molecule has 8 aromatic rings. The summed E-state index contributed by atoms with van der Waals surface area (Å²) in [5, 5.41) is 3.20. The number of aromatic nitrogens is 3. The van der Waals surface area contributed by atoms with Crippen LogP contribution in [-0.2, 0) is 20.1 Å². The maximum absolute atomic E-state index is 7.23. The van der Waals surface area contributed by atoms with Gasteiger partial charge in [0.05, 0.1) is 15.3 Å². The molecule has 0 aliphatic heterocycles. The Morgan fingerprint density at radius 1 is 0.792 bits per heavy atom. The van der Waals surface area contributed by atoms with Gasteiger partial charge in [-0.15, -0.1) is 65.4 Å². The molecule has 4 aromatic carbocycles. The Balaban J connectivity index is 0.000000222. The predicted molar refractivity (Wildman–Crippen MR) is 196 cm³/mol. The fraction of sp³-hybridized carbons (Fsp3) is 0.167. The third-order valence-corrected chi connectivity index (χ3v) is 9.31. The number of thiazole rings is 1. The molecular formula is C42H35IrN3OS-2. The van der Waals surface area contributed by atoms with Gasteiger partial charge in [-0.05, 0) is 78.8 Å². The van der Waals surface area contributed by atoms with Crippen LogP contribution in [0.25, 0.3) is 65.8 Å². The number of benzene rings is 4. The van der Waals surface area contributed by atoms with Crippen molar-refractivity contribution < 1.29 is 28.6 Å². The van der Waals surface area contributed by atoms with Gasteiger partial charge in [0.25, 0.3) is 0 Å². The number of aryl methyl sites for hydroxylation is 4. The summed E-state index contributed by atoms with van der Waals surface area (Å²) >= 11 is 1.69. The van der Waals surface area contributed by atoms with Crippen LogP contribution in [0.4, 0.5) is 0 Å². The molecule has 0 atom stereocenters. The van der Waals surface area contributed by atoms with Crippen LogP contribution in [0.15, 0.2) is 102 Å². The number of fused-ring (bicyclic) bond motifs is 5. The van der Waals surface area contributed by atoms with E-state index in [2.05, 4.69) is 87.3 Å². The topological polar surface area (TPSA) is 51.8 Å². The molecule has 241 valence electrons. The quantitative estimate of drug-likeness (QED) is 0.166. The Bertz CT molecular complexity index is 2470. The van der Waals surface area contributed by atoms with Gasteiger partial charge in [0.15, 0.2) is 0 Å². The molecule has 0 aliphatic rings. The Labute approximate surface area is 303 Å². The van der Waals surface area contributed by atoms with Crippen LogP contribution < -0.4 is 0 Å². The summed E-state index contributed by atoms with van der Waals surface area (Å²) in [6, 6.07) is 34.2. The summed E-state index contributed by atoms with van der Waals surface area (Å²) in [5.41, 5.74) is 12.5. The van der Waals surface area contributed by atoms with E-state index in [1.54, 1.807) is 29.5 Å². The zero-order valence-electron chi connectivity index (χ0n) is 30.3. The average molecular weight is 825 g/mol. The van der Waals surface area contributed by atoms with Crippen molar-refractivity contribution in [1.82, 2.24) is 15.0 Å². The van der Waals surface area contributed by atoms with E-state index in [1.165, 1.54) is 34.0 Å². The standard InChI is InChI=1S/C30H25N2OS.C12H10N.Ir/c1-16(2)23-14-25(31-15-24(23)27-17(3)8-6-9-18(27)4)22-11-7-10-20-21-12-13-26-28(32-19(5)34-26)30(21)33-29(20)22;1-10-7-8-12(13-9-10)11-5-3-2-4-6-11;/h6-10,12-16H,1-5H3;2-5,7-9H,1H3;/q2*-1;/i;1D3;. The summed E-state index contributed by atoms with van der Waals surface area (Å²) in [4.78, 5) is 13.8. The molecular weight excluding hydrogens is 787 g/mol. The molecule has 0 amide bonds. The summed E-state index contributed by atoms with van der Waals surface area (Å²) < 4.78 is 29.3. The normalized spacial score (nSPS) is 12.3. The molecule has 0 fully saturated rings. The van der Waals surface area contributed by atoms with Crippen LogP contribution in [0, 0.1) is 39.8 Å². The molecule has 1 radical (unpaired) electrons. The average Bonchev–Trinajstić information content (AvgIpc) is 3.68. The Morgan fingerprint density at radius 3 is 2.29 bits per heavy atom. The van der Waals surface area contributed by atoms with E-state index >= 15 is 0 Å². The van der Waals surface area contributed by atoms with E-state index in [1.807, 2.05) is 37.4 Å². The van der Waals surface area contributed by atoms with Gasteiger partial charge < -0.3 is 14.4 Å².